The summed E-state index contributed by atoms with van der Waals surface area (Å²) in [5, 5.41) is 5.02. The van der Waals surface area contributed by atoms with Crippen molar-refractivity contribution in [3.8, 4) is 0 Å². The first kappa shape index (κ1) is 15.2. The summed E-state index contributed by atoms with van der Waals surface area (Å²) in [5.41, 5.74) is 2.29. The molecule has 118 valence electrons. The molecule has 1 saturated heterocycles. The Kier molecular flexibility index (Phi) is 4.90. The minimum atomic E-state index is -0.309. The molecule has 0 saturated carbocycles. The van der Waals surface area contributed by atoms with Crippen LogP contribution in [0, 0.1) is 0 Å². The van der Waals surface area contributed by atoms with Crippen LogP contribution in [0.5, 0.6) is 0 Å². The highest BCUT2D eigenvalue weighted by atomic mass is 32.1. The number of hydrogen-bond donors (Lipinski definition) is 1. The molecule has 1 atom stereocenters. The van der Waals surface area contributed by atoms with Gasteiger partial charge in [0.05, 0.1) is 16.8 Å². The maximum absolute atomic E-state index is 11.5. The SMILES string of the molecule is CCOC(=O)N[C@@H]1CCCN(Cc2cnc3ccsc3c2)C1. The largest absolute Gasteiger partial charge is 0.450 e. The molecule has 3 rings (SSSR count). The first-order valence-corrected chi connectivity index (χ1v) is 8.60. The fraction of sp³-hybridized carbons (Fsp3) is 0.500. The van der Waals surface area contributed by atoms with Crippen LogP contribution in [0.4, 0.5) is 4.79 Å². The Labute approximate surface area is 134 Å². The van der Waals surface area contributed by atoms with Crippen molar-refractivity contribution in [2.24, 2.45) is 0 Å². The first-order chi connectivity index (χ1) is 10.7. The molecular formula is C16H21N3O2S. The maximum Gasteiger partial charge on any atom is 0.407 e. The third-order valence-electron chi connectivity index (χ3n) is 3.87. The number of carbonyl (C=O) groups is 1. The van der Waals surface area contributed by atoms with E-state index in [1.54, 1.807) is 11.3 Å². The van der Waals surface area contributed by atoms with Crippen molar-refractivity contribution in [2.75, 3.05) is 19.7 Å². The van der Waals surface area contributed by atoms with Gasteiger partial charge in [-0.1, -0.05) is 0 Å². The smallest absolute Gasteiger partial charge is 0.407 e. The van der Waals surface area contributed by atoms with Gasteiger partial charge in [0, 0.05) is 25.3 Å². The van der Waals surface area contributed by atoms with E-state index in [0.717, 1.165) is 38.0 Å². The van der Waals surface area contributed by atoms with Crippen LogP contribution in [0.2, 0.25) is 0 Å². The zero-order valence-electron chi connectivity index (χ0n) is 12.7. The minimum Gasteiger partial charge on any atom is -0.450 e. The normalized spacial score (nSPS) is 19.2. The van der Waals surface area contributed by atoms with E-state index in [1.807, 2.05) is 19.2 Å². The van der Waals surface area contributed by atoms with E-state index in [4.69, 9.17) is 4.74 Å². The molecule has 1 N–H and O–H groups in total. The summed E-state index contributed by atoms with van der Waals surface area (Å²) < 4.78 is 6.19. The van der Waals surface area contributed by atoms with Gasteiger partial charge in [-0.05, 0) is 49.4 Å². The monoisotopic (exact) mass is 319 g/mol. The Morgan fingerprint density at radius 1 is 1.59 bits per heavy atom. The summed E-state index contributed by atoms with van der Waals surface area (Å²) in [6.07, 6.45) is 3.75. The topological polar surface area (TPSA) is 54.5 Å². The summed E-state index contributed by atoms with van der Waals surface area (Å²) in [4.78, 5) is 18.4. The van der Waals surface area contributed by atoms with Crippen molar-refractivity contribution in [1.29, 1.82) is 0 Å². The minimum absolute atomic E-state index is 0.172. The van der Waals surface area contributed by atoms with Crippen LogP contribution < -0.4 is 5.32 Å². The summed E-state index contributed by atoms with van der Waals surface area (Å²) in [6.45, 7) is 5.03. The molecular weight excluding hydrogens is 298 g/mol. The lowest BCUT2D eigenvalue weighted by Gasteiger charge is -2.32. The fourth-order valence-corrected chi connectivity index (χ4v) is 3.69. The molecule has 22 heavy (non-hydrogen) atoms. The molecule has 1 aliphatic heterocycles. The first-order valence-electron chi connectivity index (χ1n) is 7.72. The number of fused-ring (bicyclic) bond motifs is 1. The van der Waals surface area contributed by atoms with Crippen molar-refractivity contribution in [1.82, 2.24) is 15.2 Å². The van der Waals surface area contributed by atoms with E-state index in [9.17, 15) is 4.79 Å². The van der Waals surface area contributed by atoms with Gasteiger partial charge in [-0.25, -0.2) is 4.79 Å². The van der Waals surface area contributed by atoms with Gasteiger partial charge in [-0.2, -0.15) is 0 Å². The number of amides is 1. The number of pyridine rings is 1. The number of thiophene rings is 1. The molecule has 0 radical (unpaired) electrons. The zero-order valence-corrected chi connectivity index (χ0v) is 13.6. The molecule has 1 amide bonds. The highest BCUT2D eigenvalue weighted by Gasteiger charge is 2.22. The van der Waals surface area contributed by atoms with Crippen LogP contribution in [-0.4, -0.2) is 41.7 Å². The second-order valence-electron chi connectivity index (χ2n) is 5.59. The summed E-state index contributed by atoms with van der Waals surface area (Å²) in [6, 6.07) is 4.44. The second-order valence-corrected chi connectivity index (χ2v) is 6.53. The zero-order chi connectivity index (χ0) is 15.4. The van der Waals surface area contributed by atoms with Crippen LogP contribution in [0.25, 0.3) is 10.2 Å². The number of ether oxygens (including phenoxy) is 1. The van der Waals surface area contributed by atoms with Crippen molar-refractivity contribution in [2.45, 2.75) is 32.4 Å². The fourth-order valence-electron chi connectivity index (χ4n) is 2.89. The van der Waals surface area contributed by atoms with Crippen molar-refractivity contribution >= 4 is 27.6 Å². The van der Waals surface area contributed by atoms with E-state index in [-0.39, 0.29) is 12.1 Å². The molecule has 0 spiro atoms. The van der Waals surface area contributed by atoms with E-state index in [2.05, 4.69) is 26.6 Å². The van der Waals surface area contributed by atoms with Crippen molar-refractivity contribution in [3.63, 3.8) is 0 Å². The maximum atomic E-state index is 11.5. The highest BCUT2D eigenvalue weighted by Crippen LogP contribution is 2.21. The average molecular weight is 319 g/mol. The molecule has 0 aliphatic carbocycles. The van der Waals surface area contributed by atoms with Crippen LogP contribution in [-0.2, 0) is 11.3 Å². The van der Waals surface area contributed by atoms with Gasteiger partial charge in [0.1, 0.15) is 0 Å². The number of alkyl carbamates (subject to hydrolysis) is 1. The molecule has 5 nitrogen and oxygen atoms in total. The lowest BCUT2D eigenvalue weighted by molar-refractivity contribution is 0.132. The van der Waals surface area contributed by atoms with Crippen LogP contribution in [0.3, 0.4) is 0 Å². The van der Waals surface area contributed by atoms with Crippen molar-refractivity contribution < 1.29 is 9.53 Å². The molecule has 0 unspecified atom stereocenters. The number of hydrogen-bond acceptors (Lipinski definition) is 5. The van der Waals surface area contributed by atoms with E-state index in [0.29, 0.717) is 6.61 Å². The molecule has 2 aromatic heterocycles. The molecule has 0 aromatic carbocycles. The van der Waals surface area contributed by atoms with Gasteiger partial charge >= 0.3 is 6.09 Å². The average Bonchev–Trinajstić information content (AvgIpc) is 2.95. The summed E-state index contributed by atoms with van der Waals surface area (Å²) >= 11 is 1.72. The van der Waals surface area contributed by atoms with Gasteiger partial charge in [0.25, 0.3) is 0 Å². The van der Waals surface area contributed by atoms with E-state index >= 15 is 0 Å². The standard InChI is InChI=1S/C16H21N3O2S/c1-2-21-16(20)18-13-4-3-6-19(11-13)10-12-8-15-14(17-9-12)5-7-22-15/h5,7-9,13H,2-4,6,10-11H2,1H3,(H,18,20)/t13-/m1/s1. The Morgan fingerprint density at radius 3 is 3.36 bits per heavy atom. The quantitative estimate of drug-likeness (QED) is 0.941. The molecule has 0 bridgehead atoms. The molecule has 1 aliphatic rings. The predicted molar refractivity (Wildman–Crippen MR) is 88.1 cm³/mol. The van der Waals surface area contributed by atoms with Crippen LogP contribution in [0.15, 0.2) is 23.7 Å². The molecule has 1 fully saturated rings. The molecule has 6 heteroatoms. The number of aromatic nitrogens is 1. The number of likely N-dealkylation sites (tertiary alicyclic amines) is 1. The van der Waals surface area contributed by atoms with Gasteiger partial charge in [-0.3, -0.25) is 9.88 Å². The number of nitrogens with zero attached hydrogens (tertiary/aromatic N) is 2. The number of carbonyl (C=O) groups excluding carboxylic acids is 1. The third kappa shape index (κ3) is 3.75. The molecule has 3 heterocycles. The van der Waals surface area contributed by atoms with E-state index in [1.165, 1.54) is 10.3 Å². The van der Waals surface area contributed by atoms with Crippen molar-refractivity contribution in [3.05, 3.63) is 29.3 Å². The summed E-state index contributed by atoms with van der Waals surface area (Å²) in [5.74, 6) is 0. The highest BCUT2D eigenvalue weighted by molar-refractivity contribution is 7.17. The van der Waals surface area contributed by atoms with Gasteiger partial charge in [-0.15, -0.1) is 11.3 Å². The van der Waals surface area contributed by atoms with Gasteiger partial charge in [0.2, 0.25) is 0 Å². The van der Waals surface area contributed by atoms with E-state index < -0.39 is 0 Å². The lowest BCUT2D eigenvalue weighted by Crippen LogP contribution is -2.47. The third-order valence-corrected chi connectivity index (χ3v) is 4.72. The summed E-state index contributed by atoms with van der Waals surface area (Å²) in [7, 11) is 0. The Morgan fingerprint density at radius 2 is 2.50 bits per heavy atom. The van der Waals surface area contributed by atoms with Gasteiger partial charge < -0.3 is 10.1 Å². The molecule has 2 aromatic rings. The predicted octanol–water partition coefficient (Wildman–Crippen LogP) is 3.01. The Balaban J connectivity index is 1.58. The lowest BCUT2D eigenvalue weighted by atomic mass is 10.1. The number of piperidine rings is 1. The van der Waals surface area contributed by atoms with Crippen LogP contribution >= 0.6 is 11.3 Å². The second kappa shape index (κ2) is 7.07. The number of rotatable bonds is 4. The van der Waals surface area contributed by atoms with Gasteiger partial charge in [0.15, 0.2) is 0 Å². The number of nitrogens with one attached hydrogen (secondary N) is 1. The van der Waals surface area contributed by atoms with Crippen LogP contribution in [0.1, 0.15) is 25.3 Å². The Hall–Kier alpha value is -1.66. The Bertz CT molecular complexity index is 643.